The zero-order valence-electron chi connectivity index (χ0n) is 23.4. The number of ether oxygens (including phenoxy) is 1. The Kier molecular flexibility index (Phi) is 7.39. The first-order chi connectivity index (χ1) is 19.6. The van der Waals surface area contributed by atoms with E-state index in [4.69, 9.17) is 9.72 Å². The number of nitrogens with zero attached hydrogens (tertiary/aromatic N) is 6. The van der Waals surface area contributed by atoms with Crippen molar-refractivity contribution in [2.45, 2.75) is 51.9 Å². The van der Waals surface area contributed by atoms with Gasteiger partial charge in [0.2, 0.25) is 16.0 Å². The highest BCUT2D eigenvalue weighted by molar-refractivity contribution is 7.92. The van der Waals surface area contributed by atoms with Gasteiger partial charge in [0.05, 0.1) is 41.7 Å². The number of sulfonamides is 1. The molecule has 1 aliphatic carbocycles. The second kappa shape index (κ2) is 10.9. The number of anilines is 3. The Bertz CT molecular complexity index is 1510. The van der Waals surface area contributed by atoms with Crippen molar-refractivity contribution in [2.75, 3.05) is 53.1 Å². The van der Waals surface area contributed by atoms with Crippen molar-refractivity contribution in [3.05, 3.63) is 42.4 Å². The summed E-state index contributed by atoms with van der Waals surface area (Å²) in [4.78, 5) is 14.0. The van der Waals surface area contributed by atoms with E-state index in [0.29, 0.717) is 23.7 Å². The highest BCUT2D eigenvalue weighted by atomic mass is 32.2. The Morgan fingerprint density at radius 3 is 2.56 bits per heavy atom. The maximum Gasteiger partial charge on any atom is 0.237 e. The molecule has 2 saturated heterocycles. The fourth-order valence-electron chi connectivity index (χ4n) is 5.78. The lowest BCUT2D eigenvalue weighted by atomic mass is 9.93. The summed E-state index contributed by atoms with van der Waals surface area (Å²) in [5, 5.41) is 23.1. The molecular formula is C28H37N7O5S. The fourth-order valence-corrected chi connectivity index (χ4v) is 6.74. The van der Waals surface area contributed by atoms with Crippen LogP contribution < -0.4 is 14.5 Å². The van der Waals surface area contributed by atoms with Crippen molar-refractivity contribution in [2.24, 2.45) is 5.41 Å². The predicted molar refractivity (Wildman–Crippen MR) is 156 cm³/mol. The Labute approximate surface area is 240 Å². The molecule has 3 fully saturated rings. The molecule has 0 unspecified atom stereocenters. The lowest BCUT2D eigenvalue weighted by Gasteiger charge is -2.35. The number of rotatable bonds is 8. The molecule has 13 heteroatoms. The molecule has 3 N–H and O–H groups in total. The standard InChI is InChI=1S/C28H37N7O5S/c1-19-13-23(31-27(30-19)34-11-12-40-20(2)16-34)21-15-29-35(17-21)24-4-3-22(32-41(38,39)18-26(36)37)14-25(24)33-9-7-28(5-6-28)8-10-33/h3-4,13-15,17,20,26,32,36-37H,5-12,16,18H2,1-2H3/t20-/m1/s1. The lowest BCUT2D eigenvalue weighted by Crippen LogP contribution is -2.42. The quantitative estimate of drug-likeness (QED) is 0.338. The van der Waals surface area contributed by atoms with Crippen molar-refractivity contribution in [1.82, 2.24) is 19.7 Å². The van der Waals surface area contributed by atoms with Crippen LogP contribution in [0.2, 0.25) is 0 Å². The molecule has 6 rings (SSSR count). The van der Waals surface area contributed by atoms with E-state index in [1.54, 1.807) is 23.0 Å². The van der Waals surface area contributed by atoms with E-state index >= 15 is 0 Å². The van der Waals surface area contributed by atoms with Gasteiger partial charge < -0.3 is 24.7 Å². The highest BCUT2D eigenvalue weighted by Crippen LogP contribution is 2.54. The molecule has 1 atom stereocenters. The van der Waals surface area contributed by atoms with Gasteiger partial charge in [-0.1, -0.05) is 0 Å². The molecule has 1 saturated carbocycles. The number of hydrogen-bond donors (Lipinski definition) is 3. The molecule has 3 aliphatic rings. The maximum atomic E-state index is 12.4. The number of aliphatic hydroxyl groups is 2. The van der Waals surface area contributed by atoms with E-state index in [1.165, 1.54) is 12.8 Å². The number of aromatic nitrogens is 4. The minimum atomic E-state index is -3.94. The molecule has 1 aromatic carbocycles. The molecule has 0 bridgehead atoms. The molecule has 1 spiro atoms. The van der Waals surface area contributed by atoms with Crippen molar-refractivity contribution in [3.8, 4) is 16.9 Å². The zero-order valence-corrected chi connectivity index (χ0v) is 24.2. The van der Waals surface area contributed by atoms with E-state index < -0.39 is 22.1 Å². The number of nitrogens with one attached hydrogen (secondary N) is 1. The first kappa shape index (κ1) is 27.9. The van der Waals surface area contributed by atoms with Gasteiger partial charge >= 0.3 is 0 Å². The fraction of sp³-hybridized carbons (Fsp3) is 0.536. The van der Waals surface area contributed by atoms with Gasteiger partial charge in [0.15, 0.2) is 6.29 Å². The molecular weight excluding hydrogens is 546 g/mol. The largest absolute Gasteiger partial charge is 0.375 e. The van der Waals surface area contributed by atoms with Crippen molar-refractivity contribution >= 4 is 27.3 Å². The first-order valence-corrected chi connectivity index (χ1v) is 15.8. The topological polar surface area (TPSA) is 146 Å². The molecule has 2 aromatic heterocycles. The third-order valence-corrected chi connectivity index (χ3v) is 9.51. The van der Waals surface area contributed by atoms with Crippen molar-refractivity contribution in [3.63, 3.8) is 0 Å². The van der Waals surface area contributed by atoms with Crippen LogP contribution >= 0.6 is 0 Å². The molecule has 3 aromatic rings. The van der Waals surface area contributed by atoms with Crippen molar-refractivity contribution in [1.29, 1.82) is 0 Å². The van der Waals surface area contributed by atoms with Crippen LogP contribution in [0.3, 0.4) is 0 Å². The molecule has 0 amide bonds. The maximum absolute atomic E-state index is 12.4. The normalized spacial score (nSPS) is 20.6. The smallest absolute Gasteiger partial charge is 0.237 e. The van der Waals surface area contributed by atoms with Gasteiger partial charge in [-0.3, -0.25) is 4.72 Å². The van der Waals surface area contributed by atoms with Crippen LogP contribution in [0.4, 0.5) is 17.3 Å². The summed E-state index contributed by atoms with van der Waals surface area (Å²) in [6.45, 7) is 7.86. The summed E-state index contributed by atoms with van der Waals surface area (Å²) < 4.78 is 34.8. The summed E-state index contributed by atoms with van der Waals surface area (Å²) in [5.74, 6) is -0.127. The van der Waals surface area contributed by atoms with Crippen molar-refractivity contribution < 1.29 is 23.4 Å². The number of aryl methyl sites for hydroxylation is 1. The van der Waals surface area contributed by atoms with Gasteiger partial charge in [-0.2, -0.15) is 5.10 Å². The second-order valence-electron chi connectivity index (χ2n) is 11.6. The summed E-state index contributed by atoms with van der Waals surface area (Å²) >= 11 is 0. The molecule has 0 radical (unpaired) electrons. The average molecular weight is 584 g/mol. The van der Waals surface area contributed by atoms with Crippen LogP contribution in [0.25, 0.3) is 16.9 Å². The number of aliphatic hydroxyl groups excluding tert-OH is 1. The van der Waals surface area contributed by atoms with Gasteiger partial charge in [0, 0.05) is 43.6 Å². The third-order valence-electron chi connectivity index (χ3n) is 8.23. The number of piperidine rings is 1. The highest BCUT2D eigenvalue weighted by Gasteiger charge is 2.44. The molecule has 220 valence electrons. The van der Waals surface area contributed by atoms with E-state index in [2.05, 4.69) is 24.6 Å². The summed E-state index contributed by atoms with van der Waals surface area (Å²) in [7, 11) is -3.94. The lowest BCUT2D eigenvalue weighted by molar-refractivity contribution is -0.0197. The van der Waals surface area contributed by atoms with E-state index in [-0.39, 0.29) is 6.10 Å². The minimum absolute atomic E-state index is 0.114. The number of hydrogen-bond acceptors (Lipinski definition) is 10. The van der Waals surface area contributed by atoms with Crippen LogP contribution in [0.5, 0.6) is 0 Å². The van der Waals surface area contributed by atoms with E-state index in [9.17, 15) is 18.6 Å². The zero-order chi connectivity index (χ0) is 28.8. The second-order valence-corrected chi connectivity index (χ2v) is 13.3. The van der Waals surface area contributed by atoms with Crippen LogP contribution in [-0.4, -0.2) is 89.3 Å². The number of morpholine rings is 1. The summed E-state index contributed by atoms with van der Waals surface area (Å²) in [5.41, 5.74) is 5.01. The Morgan fingerprint density at radius 1 is 1.07 bits per heavy atom. The SMILES string of the molecule is Cc1cc(-c2cnn(-c3ccc(NS(=O)(=O)CC(O)O)cc3N3CCC4(CC3)CC4)c2)nc(N2CCO[C@H](C)C2)n1. The Balaban J connectivity index is 1.31. The average Bonchev–Trinajstić information content (AvgIpc) is 3.48. The first-order valence-electron chi connectivity index (χ1n) is 14.1. The molecule has 4 heterocycles. The number of benzene rings is 1. The van der Waals surface area contributed by atoms with Crippen LogP contribution in [0.1, 0.15) is 38.3 Å². The Hall–Kier alpha value is -3.26. The van der Waals surface area contributed by atoms with Gasteiger partial charge in [-0.15, -0.1) is 0 Å². The monoisotopic (exact) mass is 583 g/mol. The predicted octanol–water partition coefficient (Wildman–Crippen LogP) is 2.30. The van der Waals surface area contributed by atoms with Crippen LogP contribution in [-0.2, 0) is 14.8 Å². The van der Waals surface area contributed by atoms with Gasteiger partial charge in [0.1, 0.15) is 5.75 Å². The van der Waals surface area contributed by atoms with Crippen LogP contribution in [0.15, 0.2) is 36.7 Å². The van der Waals surface area contributed by atoms with E-state index in [1.807, 2.05) is 32.2 Å². The Morgan fingerprint density at radius 2 is 1.85 bits per heavy atom. The minimum Gasteiger partial charge on any atom is -0.375 e. The molecule has 41 heavy (non-hydrogen) atoms. The van der Waals surface area contributed by atoms with E-state index in [0.717, 1.165) is 67.3 Å². The molecule has 2 aliphatic heterocycles. The van der Waals surface area contributed by atoms with Gasteiger partial charge in [-0.05, 0) is 69.2 Å². The molecule has 12 nitrogen and oxygen atoms in total. The summed E-state index contributed by atoms with van der Waals surface area (Å²) in [6.07, 6.45) is 6.65. The van der Waals surface area contributed by atoms with Gasteiger partial charge in [-0.25, -0.2) is 23.1 Å². The summed E-state index contributed by atoms with van der Waals surface area (Å²) in [6, 6.07) is 7.26. The van der Waals surface area contributed by atoms with Crippen LogP contribution in [0, 0.1) is 12.3 Å². The third kappa shape index (κ3) is 6.32. The van der Waals surface area contributed by atoms with Gasteiger partial charge in [0.25, 0.3) is 0 Å².